The molecule has 0 spiro atoms. The summed E-state index contributed by atoms with van der Waals surface area (Å²) >= 11 is 0. The lowest BCUT2D eigenvalue weighted by Gasteiger charge is -2.27. The second kappa shape index (κ2) is 7.60. The molecule has 4 nitrogen and oxygen atoms in total. The molecule has 0 atom stereocenters. The van der Waals surface area contributed by atoms with Crippen molar-refractivity contribution in [3.63, 3.8) is 0 Å². The lowest BCUT2D eigenvalue weighted by atomic mass is 9.86. The van der Waals surface area contributed by atoms with E-state index in [9.17, 15) is 8.42 Å². The van der Waals surface area contributed by atoms with Gasteiger partial charge in [0.15, 0.2) is 0 Å². The Morgan fingerprint density at radius 3 is 1.84 bits per heavy atom. The fourth-order valence-corrected chi connectivity index (χ4v) is 4.14. The summed E-state index contributed by atoms with van der Waals surface area (Å²) in [5.74, 6) is 1.38. The van der Waals surface area contributed by atoms with E-state index in [0.717, 1.165) is 25.7 Å². The Labute approximate surface area is 119 Å². The van der Waals surface area contributed by atoms with Gasteiger partial charge in [-0.2, -0.15) is 12.7 Å². The van der Waals surface area contributed by atoms with Gasteiger partial charge in [0.05, 0.1) is 0 Å². The van der Waals surface area contributed by atoms with E-state index in [1.807, 2.05) is 0 Å². The average Bonchev–Trinajstić information content (AvgIpc) is 2.56. The molecular weight excluding hydrogens is 260 g/mol. The van der Waals surface area contributed by atoms with E-state index in [4.69, 9.17) is 0 Å². The molecule has 114 valence electrons. The van der Waals surface area contributed by atoms with Crippen LogP contribution in [0.15, 0.2) is 0 Å². The van der Waals surface area contributed by atoms with Crippen molar-refractivity contribution in [2.24, 2.45) is 17.8 Å². The van der Waals surface area contributed by atoms with E-state index in [0.29, 0.717) is 37.4 Å². The van der Waals surface area contributed by atoms with Gasteiger partial charge in [-0.1, -0.05) is 40.5 Å². The summed E-state index contributed by atoms with van der Waals surface area (Å²) in [4.78, 5) is 0. The lowest BCUT2D eigenvalue weighted by Crippen LogP contribution is -2.44. The Bertz CT molecular complexity index is 336. The summed E-state index contributed by atoms with van der Waals surface area (Å²) in [5, 5.41) is 0. The van der Waals surface area contributed by atoms with Gasteiger partial charge in [0.2, 0.25) is 0 Å². The Balaban J connectivity index is 2.58. The fraction of sp³-hybridized carbons (Fsp3) is 1.00. The first-order chi connectivity index (χ1) is 8.84. The normalized spacial score (nSPS) is 19.3. The van der Waals surface area contributed by atoms with Crippen molar-refractivity contribution in [1.29, 1.82) is 0 Å². The van der Waals surface area contributed by atoms with Crippen LogP contribution in [0.5, 0.6) is 0 Å². The highest BCUT2D eigenvalue weighted by Crippen LogP contribution is 2.20. The predicted octanol–water partition coefficient (Wildman–Crippen LogP) is 2.62. The third kappa shape index (κ3) is 5.40. The highest BCUT2D eigenvalue weighted by Gasteiger charge is 2.25. The van der Waals surface area contributed by atoms with Gasteiger partial charge in [0, 0.05) is 19.6 Å². The van der Waals surface area contributed by atoms with E-state index in [1.54, 1.807) is 4.31 Å². The first-order valence-corrected chi connectivity index (χ1v) is 9.03. The predicted molar refractivity (Wildman–Crippen MR) is 80.1 cm³/mol. The van der Waals surface area contributed by atoms with Gasteiger partial charge in [-0.15, -0.1) is 0 Å². The first kappa shape index (κ1) is 16.9. The van der Waals surface area contributed by atoms with Crippen molar-refractivity contribution < 1.29 is 8.42 Å². The molecule has 0 aromatic rings. The third-order valence-corrected chi connectivity index (χ3v) is 5.70. The zero-order valence-electron chi connectivity index (χ0n) is 12.9. The van der Waals surface area contributed by atoms with E-state index in [1.165, 1.54) is 0 Å². The number of nitrogens with one attached hydrogen (secondary N) is 1. The molecule has 0 aromatic carbocycles. The van der Waals surface area contributed by atoms with E-state index in [-0.39, 0.29) is 0 Å². The molecule has 1 saturated heterocycles. The van der Waals surface area contributed by atoms with Gasteiger partial charge in [-0.05, 0) is 30.6 Å². The fourth-order valence-electron chi connectivity index (χ4n) is 2.82. The second-order valence-corrected chi connectivity index (χ2v) is 8.07. The second-order valence-electron chi connectivity index (χ2n) is 6.32. The van der Waals surface area contributed by atoms with Crippen LogP contribution in [0, 0.1) is 17.8 Å². The molecule has 0 unspecified atom stereocenters. The Hall–Kier alpha value is -0.130. The summed E-state index contributed by atoms with van der Waals surface area (Å²) in [6.45, 7) is 10.5. The molecule has 0 aromatic heterocycles. The van der Waals surface area contributed by atoms with Crippen LogP contribution >= 0.6 is 0 Å². The Morgan fingerprint density at radius 1 is 0.947 bits per heavy atom. The molecular formula is C14H30N2O2S. The molecule has 0 aliphatic carbocycles. The number of hydrogen-bond acceptors (Lipinski definition) is 2. The van der Waals surface area contributed by atoms with Crippen LogP contribution in [0.25, 0.3) is 0 Å². The maximum atomic E-state index is 12.3. The van der Waals surface area contributed by atoms with Crippen molar-refractivity contribution in [3.8, 4) is 0 Å². The number of rotatable bonds is 6. The molecule has 1 heterocycles. The zero-order valence-corrected chi connectivity index (χ0v) is 13.7. The van der Waals surface area contributed by atoms with Crippen molar-refractivity contribution >= 4 is 10.2 Å². The van der Waals surface area contributed by atoms with Gasteiger partial charge in [0.25, 0.3) is 10.2 Å². The van der Waals surface area contributed by atoms with Crippen LogP contribution in [0.2, 0.25) is 0 Å². The van der Waals surface area contributed by atoms with Gasteiger partial charge in [-0.3, -0.25) is 0 Å². The highest BCUT2D eigenvalue weighted by atomic mass is 32.2. The summed E-state index contributed by atoms with van der Waals surface area (Å²) in [5.41, 5.74) is 0. The number of nitrogens with zero attached hydrogens (tertiary/aromatic N) is 1. The molecule has 1 fully saturated rings. The topological polar surface area (TPSA) is 49.4 Å². The smallest absolute Gasteiger partial charge is 0.202 e. The minimum atomic E-state index is -3.29. The van der Waals surface area contributed by atoms with Gasteiger partial charge >= 0.3 is 0 Å². The minimum Gasteiger partial charge on any atom is -0.202 e. The summed E-state index contributed by atoms with van der Waals surface area (Å²) in [7, 11) is -3.29. The molecule has 19 heavy (non-hydrogen) atoms. The molecule has 0 saturated carbocycles. The lowest BCUT2D eigenvalue weighted by molar-refractivity contribution is 0.286. The van der Waals surface area contributed by atoms with Crippen molar-refractivity contribution in [2.75, 3.05) is 19.6 Å². The van der Waals surface area contributed by atoms with Crippen LogP contribution in [0.4, 0.5) is 0 Å². The molecule has 0 amide bonds. The third-order valence-electron chi connectivity index (χ3n) is 4.12. The van der Waals surface area contributed by atoms with E-state index < -0.39 is 10.2 Å². The molecule has 1 rings (SSSR count). The van der Waals surface area contributed by atoms with E-state index in [2.05, 4.69) is 32.4 Å². The Morgan fingerprint density at radius 2 is 1.42 bits per heavy atom. The summed E-state index contributed by atoms with van der Waals surface area (Å²) < 4.78 is 29.0. The Kier molecular flexibility index (Phi) is 6.77. The molecule has 0 radical (unpaired) electrons. The average molecular weight is 290 g/mol. The van der Waals surface area contributed by atoms with E-state index >= 15 is 0 Å². The minimum absolute atomic E-state index is 0.391. The summed E-state index contributed by atoms with van der Waals surface area (Å²) in [6.07, 6.45) is 4.26. The standard InChI is InChI=1S/C14H30N2O2S/c1-12(2)14(13(3)4)11-15-19(17,18)16-9-7-5-6-8-10-16/h12-15H,5-11H2,1-4H3. The molecule has 1 N–H and O–H groups in total. The van der Waals surface area contributed by atoms with Gasteiger partial charge in [-0.25, -0.2) is 4.72 Å². The SMILES string of the molecule is CC(C)C(CNS(=O)(=O)N1CCCCCC1)C(C)C. The van der Waals surface area contributed by atoms with Gasteiger partial charge in [0.1, 0.15) is 0 Å². The van der Waals surface area contributed by atoms with Crippen molar-refractivity contribution in [3.05, 3.63) is 0 Å². The van der Waals surface area contributed by atoms with Crippen LogP contribution in [-0.4, -0.2) is 32.4 Å². The highest BCUT2D eigenvalue weighted by molar-refractivity contribution is 7.87. The maximum Gasteiger partial charge on any atom is 0.279 e. The van der Waals surface area contributed by atoms with Crippen LogP contribution < -0.4 is 4.72 Å². The summed E-state index contributed by atoms with van der Waals surface area (Å²) in [6, 6.07) is 0. The number of hydrogen-bond donors (Lipinski definition) is 1. The molecule has 5 heteroatoms. The van der Waals surface area contributed by atoms with Crippen molar-refractivity contribution in [2.45, 2.75) is 53.4 Å². The molecule has 1 aliphatic heterocycles. The van der Waals surface area contributed by atoms with Crippen LogP contribution in [0.1, 0.15) is 53.4 Å². The molecule has 1 aliphatic rings. The largest absolute Gasteiger partial charge is 0.279 e. The quantitative estimate of drug-likeness (QED) is 0.817. The van der Waals surface area contributed by atoms with Gasteiger partial charge < -0.3 is 0 Å². The van der Waals surface area contributed by atoms with Crippen LogP contribution in [-0.2, 0) is 10.2 Å². The zero-order chi connectivity index (χ0) is 14.5. The van der Waals surface area contributed by atoms with Crippen molar-refractivity contribution in [1.82, 2.24) is 9.03 Å². The monoisotopic (exact) mass is 290 g/mol. The first-order valence-electron chi connectivity index (χ1n) is 7.59. The van der Waals surface area contributed by atoms with Crippen LogP contribution in [0.3, 0.4) is 0 Å². The maximum absolute atomic E-state index is 12.3. The molecule has 0 bridgehead atoms.